The third-order valence-electron chi connectivity index (χ3n) is 4.43. The van der Waals surface area contributed by atoms with E-state index in [4.69, 9.17) is 4.74 Å². The van der Waals surface area contributed by atoms with E-state index in [1.165, 1.54) is 6.08 Å². The van der Waals surface area contributed by atoms with Gasteiger partial charge in [0.15, 0.2) is 5.78 Å². The predicted octanol–water partition coefficient (Wildman–Crippen LogP) is 3.48. The molecule has 1 fully saturated rings. The Kier molecular flexibility index (Phi) is 6.74. The Labute approximate surface area is 145 Å². The third kappa shape index (κ3) is 6.34. The Balaban J connectivity index is 2.69. The fraction of sp³-hybridized carbons (Fsp3) is 0.650. The molecular weight excluding hydrogens is 304 g/mol. The first-order valence-electron chi connectivity index (χ1n) is 8.51. The molecule has 1 heterocycles. The van der Waals surface area contributed by atoms with Crippen LogP contribution in [0.1, 0.15) is 60.3 Å². The van der Waals surface area contributed by atoms with E-state index in [2.05, 4.69) is 6.58 Å². The molecule has 0 aromatic heterocycles. The molecule has 136 valence electrons. The number of hydrogen-bond donors (Lipinski definition) is 2. The highest BCUT2D eigenvalue weighted by molar-refractivity contribution is 5.90. The van der Waals surface area contributed by atoms with Crippen molar-refractivity contribution in [3.8, 4) is 0 Å². The van der Waals surface area contributed by atoms with Crippen molar-refractivity contribution < 1.29 is 19.7 Å². The van der Waals surface area contributed by atoms with Crippen molar-refractivity contribution in [3.63, 3.8) is 0 Å². The van der Waals surface area contributed by atoms with Crippen molar-refractivity contribution in [1.29, 1.82) is 0 Å². The van der Waals surface area contributed by atoms with E-state index in [0.29, 0.717) is 12.8 Å². The summed E-state index contributed by atoms with van der Waals surface area (Å²) < 4.78 is 6.05. The lowest BCUT2D eigenvalue weighted by Crippen LogP contribution is -2.42. The average molecular weight is 336 g/mol. The quantitative estimate of drug-likeness (QED) is 0.526. The van der Waals surface area contributed by atoms with Crippen LogP contribution in [0.25, 0.3) is 0 Å². The summed E-state index contributed by atoms with van der Waals surface area (Å²) in [6.45, 7) is 12.6. The topological polar surface area (TPSA) is 66.8 Å². The van der Waals surface area contributed by atoms with Gasteiger partial charge in [0.25, 0.3) is 0 Å². The molecule has 0 bridgehead atoms. The highest BCUT2D eigenvalue weighted by atomic mass is 16.5. The molecule has 0 amide bonds. The van der Waals surface area contributed by atoms with E-state index >= 15 is 0 Å². The van der Waals surface area contributed by atoms with Crippen molar-refractivity contribution in [1.82, 2.24) is 0 Å². The Hall–Kier alpha value is -1.23. The summed E-state index contributed by atoms with van der Waals surface area (Å²) in [7, 11) is 0. The minimum Gasteiger partial charge on any atom is -0.387 e. The number of ether oxygens (including phenoxy) is 1. The van der Waals surface area contributed by atoms with Gasteiger partial charge in [-0.05, 0) is 60.0 Å². The summed E-state index contributed by atoms with van der Waals surface area (Å²) in [6, 6.07) is 0. The van der Waals surface area contributed by atoms with Crippen molar-refractivity contribution in [3.05, 3.63) is 36.5 Å². The Morgan fingerprint density at radius 2 is 2.00 bits per heavy atom. The second kappa shape index (κ2) is 7.77. The van der Waals surface area contributed by atoms with Crippen LogP contribution in [-0.4, -0.2) is 38.9 Å². The molecule has 0 saturated carbocycles. The van der Waals surface area contributed by atoms with Gasteiger partial charge in [0.05, 0.1) is 22.9 Å². The molecule has 4 heteroatoms. The predicted molar refractivity (Wildman–Crippen MR) is 96.8 cm³/mol. The molecule has 0 radical (unpaired) electrons. The summed E-state index contributed by atoms with van der Waals surface area (Å²) in [5, 5.41) is 20.6. The van der Waals surface area contributed by atoms with Crippen molar-refractivity contribution in [2.75, 3.05) is 0 Å². The number of aliphatic hydroxyl groups is 2. The van der Waals surface area contributed by atoms with Gasteiger partial charge in [0.2, 0.25) is 0 Å². The average Bonchev–Trinajstić information content (AvgIpc) is 2.80. The molecule has 4 atom stereocenters. The van der Waals surface area contributed by atoms with Gasteiger partial charge in [-0.15, -0.1) is 6.58 Å². The molecule has 0 spiro atoms. The molecular formula is C20H32O4. The van der Waals surface area contributed by atoms with E-state index in [0.717, 1.165) is 12.0 Å². The Morgan fingerprint density at radius 3 is 2.54 bits per heavy atom. The summed E-state index contributed by atoms with van der Waals surface area (Å²) >= 11 is 0. The summed E-state index contributed by atoms with van der Waals surface area (Å²) in [4.78, 5) is 12.0. The molecule has 1 rings (SSSR count). The molecule has 1 aliphatic rings. The highest BCUT2D eigenvalue weighted by Crippen LogP contribution is 2.37. The zero-order valence-corrected chi connectivity index (χ0v) is 15.6. The third-order valence-corrected chi connectivity index (χ3v) is 4.43. The lowest BCUT2D eigenvalue weighted by atomic mass is 9.90. The molecule has 1 saturated heterocycles. The van der Waals surface area contributed by atoms with Crippen LogP contribution in [0, 0.1) is 0 Å². The fourth-order valence-corrected chi connectivity index (χ4v) is 2.89. The first-order chi connectivity index (χ1) is 10.9. The maximum Gasteiger partial charge on any atom is 0.158 e. The van der Waals surface area contributed by atoms with Gasteiger partial charge in [-0.25, -0.2) is 0 Å². The highest BCUT2D eigenvalue weighted by Gasteiger charge is 2.44. The Bertz CT molecular complexity index is 524. The molecule has 0 aromatic carbocycles. The molecule has 0 unspecified atom stereocenters. The molecule has 4 nitrogen and oxygen atoms in total. The number of rotatable bonds is 8. The number of allylic oxidation sites excluding steroid dienone is 2. The van der Waals surface area contributed by atoms with Crippen LogP contribution in [0.5, 0.6) is 0 Å². The van der Waals surface area contributed by atoms with Crippen molar-refractivity contribution >= 4 is 5.78 Å². The molecule has 2 N–H and O–H groups in total. The SMILES string of the molecule is C=C[C@](C)(O)C/C=C/[C@]1(C)CC[C@@H]([C@@](C)(O)CC(=O)C=C(C)C)O1. The van der Waals surface area contributed by atoms with E-state index < -0.39 is 16.8 Å². The maximum absolute atomic E-state index is 12.0. The van der Waals surface area contributed by atoms with E-state index in [1.807, 2.05) is 32.9 Å². The number of hydrogen-bond acceptors (Lipinski definition) is 4. The lowest BCUT2D eigenvalue weighted by Gasteiger charge is -2.31. The maximum atomic E-state index is 12.0. The van der Waals surface area contributed by atoms with E-state index in [1.54, 1.807) is 19.9 Å². The normalized spacial score (nSPS) is 29.0. The van der Waals surface area contributed by atoms with Gasteiger partial charge < -0.3 is 14.9 Å². The second-order valence-electron chi connectivity index (χ2n) is 7.85. The van der Waals surface area contributed by atoms with Gasteiger partial charge in [0, 0.05) is 6.42 Å². The zero-order valence-electron chi connectivity index (χ0n) is 15.6. The molecule has 1 aliphatic heterocycles. The monoisotopic (exact) mass is 336 g/mol. The summed E-state index contributed by atoms with van der Waals surface area (Å²) in [5.74, 6) is -0.0882. The minimum absolute atomic E-state index is 0.0494. The van der Waals surface area contributed by atoms with E-state index in [9.17, 15) is 15.0 Å². The first kappa shape index (κ1) is 20.8. The van der Waals surface area contributed by atoms with Crippen LogP contribution in [0.15, 0.2) is 36.5 Å². The smallest absolute Gasteiger partial charge is 0.158 e. The first-order valence-corrected chi connectivity index (χ1v) is 8.51. The minimum atomic E-state index is -1.19. The lowest BCUT2D eigenvalue weighted by molar-refractivity contribution is -0.134. The molecule has 0 aromatic rings. The second-order valence-corrected chi connectivity index (χ2v) is 7.85. The molecule has 24 heavy (non-hydrogen) atoms. The van der Waals surface area contributed by atoms with Crippen LogP contribution < -0.4 is 0 Å². The zero-order chi connectivity index (χ0) is 18.6. The fourth-order valence-electron chi connectivity index (χ4n) is 2.89. The number of carbonyl (C=O) groups is 1. The van der Waals surface area contributed by atoms with Gasteiger partial charge in [-0.3, -0.25) is 4.79 Å². The van der Waals surface area contributed by atoms with Crippen LogP contribution in [0.4, 0.5) is 0 Å². The van der Waals surface area contributed by atoms with Gasteiger partial charge in [-0.2, -0.15) is 0 Å². The van der Waals surface area contributed by atoms with Gasteiger partial charge in [0.1, 0.15) is 0 Å². The van der Waals surface area contributed by atoms with Crippen molar-refractivity contribution in [2.24, 2.45) is 0 Å². The van der Waals surface area contributed by atoms with E-state index in [-0.39, 0.29) is 18.3 Å². The van der Waals surface area contributed by atoms with Crippen molar-refractivity contribution in [2.45, 2.75) is 83.2 Å². The van der Waals surface area contributed by atoms with Gasteiger partial charge in [-0.1, -0.05) is 23.8 Å². The largest absolute Gasteiger partial charge is 0.387 e. The summed E-state index contributed by atoms with van der Waals surface area (Å²) in [6.07, 6.45) is 8.44. The summed E-state index contributed by atoms with van der Waals surface area (Å²) in [5.41, 5.74) is -1.70. The van der Waals surface area contributed by atoms with Crippen LogP contribution in [0.2, 0.25) is 0 Å². The van der Waals surface area contributed by atoms with Crippen LogP contribution >= 0.6 is 0 Å². The van der Waals surface area contributed by atoms with Gasteiger partial charge >= 0.3 is 0 Å². The van der Waals surface area contributed by atoms with Crippen LogP contribution in [-0.2, 0) is 9.53 Å². The molecule has 0 aliphatic carbocycles. The Morgan fingerprint density at radius 1 is 1.38 bits per heavy atom. The number of ketones is 1. The van der Waals surface area contributed by atoms with Crippen LogP contribution in [0.3, 0.4) is 0 Å². The standard InChI is InChI=1S/C20H32O4/c1-7-18(4,22)10-8-11-19(5)12-9-17(24-19)20(6,23)14-16(21)13-15(2)3/h7-8,11,13,17,22-23H,1,9-10,12,14H2,2-6H3/b11-8+/t17-,18-,19+,20-/m0/s1. The number of carbonyl (C=O) groups excluding carboxylic acids is 1.